The molecular formula is C16H9I. The Morgan fingerprint density at radius 1 is 0.647 bits per heavy atom. The number of hydrogen-bond donors (Lipinski definition) is 0. The average molecular weight is 328 g/mol. The fourth-order valence-electron chi connectivity index (χ4n) is 2.72. The van der Waals surface area contributed by atoms with Crippen LogP contribution in [0.15, 0.2) is 54.6 Å². The highest BCUT2D eigenvalue weighted by Gasteiger charge is 2.09. The van der Waals surface area contributed by atoms with Crippen LogP contribution in [0.3, 0.4) is 0 Å². The van der Waals surface area contributed by atoms with Gasteiger partial charge in [-0.05, 0) is 61.0 Å². The maximum absolute atomic E-state index is 2.43. The fraction of sp³-hybridized carbons (Fsp3) is 0. The molecule has 0 aromatic heterocycles. The lowest BCUT2D eigenvalue weighted by atomic mass is 9.94. The van der Waals surface area contributed by atoms with Gasteiger partial charge >= 0.3 is 0 Å². The van der Waals surface area contributed by atoms with E-state index in [1.165, 1.54) is 35.9 Å². The lowest BCUT2D eigenvalue weighted by Gasteiger charge is -2.11. The molecule has 4 rings (SSSR count). The standard InChI is InChI=1S/C16H9I/c17-14-9-12-5-1-3-10-7-8-11-4-2-6-13(14)16(11)15(10)12/h1-9H. The Morgan fingerprint density at radius 2 is 1.29 bits per heavy atom. The van der Waals surface area contributed by atoms with E-state index >= 15 is 0 Å². The van der Waals surface area contributed by atoms with E-state index in [1.807, 2.05) is 0 Å². The Hall–Kier alpha value is -1.35. The highest BCUT2D eigenvalue weighted by molar-refractivity contribution is 14.1. The summed E-state index contributed by atoms with van der Waals surface area (Å²) in [6, 6.07) is 19.8. The number of rotatable bonds is 0. The van der Waals surface area contributed by atoms with Crippen molar-refractivity contribution >= 4 is 54.9 Å². The molecule has 0 aliphatic heterocycles. The second kappa shape index (κ2) is 3.33. The summed E-state index contributed by atoms with van der Waals surface area (Å²) in [5.74, 6) is 0. The molecule has 17 heavy (non-hydrogen) atoms. The van der Waals surface area contributed by atoms with E-state index in [0.717, 1.165) is 0 Å². The number of halogens is 1. The van der Waals surface area contributed by atoms with Crippen LogP contribution in [-0.2, 0) is 0 Å². The van der Waals surface area contributed by atoms with Crippen LogP contribution in [0.1, 0.15) is 0 Å². The summed E-state index contributed by atoms with van der Waals surface area (Å²) >= 11 is 2.43. The molecule has 0 nitrogen and oxygen atoms in total. The van der Waals surface area contributed by atoms with E-state index < -0.39 is 0 Å². The molecule has 4 aromatic rings. The van der Waals surface area contributed by atoms with Crippen LogP contribution in [0.5, 0.6) is 0 Å². The largest absolute Gasteiger partial charge is 0.0610 e. The Labute approximate surface area is 113 Å². The van der Waals surface area contributed by atoms with Gasteiger partial charge in [0.2, 0.25) is 0 Å². The summed E-state index contributed by atoms with van der Waals surface area (Å²) < 4.78 is 1.33. The Morgan fingerprint density at radius 3 is 2.12 bits per heavy atom. The van der Waals surface area contributed by atoms with Crippen LogP contribution in [-0.4, -0.2) is 0 Å². The first-order valence-corrected chi connectivity index (χ1v) is 6.74. The average Bonchev–Trinajstić information content (AvgIpc) is 2.37. The predicted molar refractivity (Wildman–Crippen MR) is 82.9 cm³/mol. The van der Waals surface area contributed by atoms with E-state index in [1.54, 1.807) is 0 Å². The van der Waals surface area contributed by atoms with Gasteiger partial charge in [-0.2, -0.15) is 0 Å². The number of hydrogen-bond acceptors (Lipinski definition) is 0. The molecule has 0 spiro atoms. The first-order valence-electron chi connectivity index (χ1n) is 5.67. The van der Waals surface area contributed by atoms with Crippen molar-refractivity contribution in [2.45, 2.75) is 0 Å². The van der Waals surface area contributed by atoms with Gasteiger partial charge in [-0.1, -0.05) is 48.5 Å². The van der Waals surface area contributed by atoms with Crippen molar-refractivity contribution in [3.8, 4) is 0 Å². The molecule has 0 N–H and O–H groups in total. The summed E-state index contributed by atoms with van der Waals surface area (Å²) in [6.07, 6.45) is 0. The first-order chi connectivity index (χ1) is 8.34. The van der Waals surface area contributed by atoms with Gasteiger partial charge in [-0.3, -0.25) is 0 Å². The third-order valence-corrected chi connectivity index (χ3v) is 4.35. The summed E-state index contributed by atoms with van der Waals surface area (Å²) in [7, 11) is 0. The summed E-state index contributed by atoms with van der Waals surface area (Å²) in [5.41, 5.74) is 0. The lowest BCUT2D eigenvalue weighted by molar-refractivity contribution is 1.75. The zero-order chi connectivity index (χ0) is 11.4. The van der Waals surface area contributed by atoms with Crippen molar-refractivity contribution in [3.05, 3.63) is 58.2 Å². The molecule has 0 saturated heterocycles. The van der Waals surface area contributed by atoms with Crippen molar-refractivity contribution in [2.75, 3.05) is 0 Å². The van der Waals surface area contributed by atoms with Crippen LogP contribution in [0.2, 0.25) is 0 Å². The maximum Gasteiger partial charge on any atom is 0.0215 e. The smallest absolute Gasteiger partial charge is 0.0215 e. The van der Waals surface area contributed by atoms with Crippen molar-refractivity contribution in [1.82, 2.24) is 0 Å². The zero-order valence-corrected chi connectivity index (χ0v) is 11.2. The second-order valence-electron chi connectivity index (χ2n) is 4.41. The molecule has 4 aromatic carbocycles. The van der Waals surface area contributed by atoms with Gasteiger partial charge in [0.1, 0.15) is 0 Å². The second-order valence-corrected chi connectivity index (χ2v) is 5.57. The Balaban J connectivity index is 2.50. The molecule has 80 valence electrons. The topological polar surface area (TPSA) is 0 Å². The van der Waals surface area contributed by atoms with E-state index in [-0.39, 0.29) is 0 Å². The van der Waals surface area contributed by atoms with Crippen molar-refractivity contribution in [3.63, 3.8) is 0 Å². The molecule has 0 unspecified atom stereocenters. The van der Waals surface area contributed by atoms with Crippen molar-refractivity contribution < 1.29 is 0 Å². The Bertz CT molecular complexity index is 846. The minimum atomic E-state index is 1.33. The van der Waals surface area contributed by atoms with Crippen LogP contribution < -0.4 is 0 Å². The lowest BCUT2D eigenvalue weighted by Crippen LogP contribution is -1.85. The summed E-state index contributed by atoms with van der Waals surface area (Å²) in [4.78, 5) is 0. The van der Waals surface area contributed by atoms with E-state index in [2.05, 4.69) is 77.2 Å². The first kappa shape index (κ1) is 9.66. The zero-order valence-electron chi connectivity index (χ0n) is 9.07. The highest BCUT2D eigenvalue weighted by atomic mass is 127. The molecule has 0 bridgehead atoms. The van der Waals surface area contributed by atoms with E-state index in [9.17, 15) is 0 Å². The normalized spacial score (nSPS) is 11.8. The molecule has 0 amide bonds. The minimum absolute atomic E-state index is 1.33. The molecule has 0 radical (unpaired) electrons. The van der Waals surface area contributed by atoms with Gasteiger partial charge in [0.15, 0.2) is 0 Å². The molecular weight excluding hydrogens is 319 g/mol. The highest BCUT2D eigenvalue weighted by Crippen LogP contribution is 2.36. The quantitative estimate of drug-likeness (QED) is 0.308. The van der Waals surface area contributed by atoms with Crippen molar-refractivity contribution in [1.29, 1.82) is 0 Å². The molecule has 0 saturated carbocycles. The van der Waals surface area contributed by atoms with Crippen LogP contribution in [0.4, 0.5) is 0 Å². The summed E-state index contributed by atoms with van der Waals surface area (Å²) in [6.45, 7) is 0. The molecule has 0 aliphatic carbocycles. The third kappa shape index (κ3) is 1.23. The molecule has 0 atom stereocenters. The van der Waals surface area contributed by atoms with Crippen LogP contribution in [0.25, 0.3) is 32.3 Å². The summed E-state index contributed by atoms with van der Waals surface area (Å²) in [5, 5.41) is 8.20. The van der Waals surface area contributed by atoms with Gasteiger partial charge in [0, 0.05) is 3.57 Å². The monoisotopic (exact) mass is 328 g/mol. The SMILES string of the molecule is Ic1cc2cccc3ccc4cccc1c4c32. The third-order valence-electron chi connectivity index (χ3n) is 3.46. The van der Waals surface area contributed by atoms with Gasteiger partial charge in [-0.25, -0.2) is 0 Å². The molecule has 1 heteroatoms. The van der Waals surface area contributed by atoms with Gasteiger partial charge in [-0.15, -0.1) is 0 Å². The van der Waals surface area contributed by atoms with Gasteiger partial charge in [0.05, 0.1) is 0 Å². The fourth-order valence-corrected chi connectivity index (χ4v) is 3.50. The molecule has 0 heterocycles. The van der Waals surface area contributed by atoms with Crippen LogP contribution >= 0.6 is 22.6 Å². The number of benzene rings is 4. The Kier molecular flexibility index (Phi) is 1.89. The predicted octanol–water partition coefficient (Wildman–Crippen LogP) is 5.19. The minimum Gasteiger partial charge on any atom is -0.0610 e. The maximum atomic E-state index is 2.43. The van der Waals surface area contributed by atoms with Crippen LogP contribution in [0, 0.1) is 3.57 Å². The van der Waals surface area contributed by atoms with Gasteiger partial charge in [0.25, 0.3) is 0 Å². The van der Waals surface area contributed by atoms with Gasteiger partial charge < -0.3 is 0 Å². The van der Waals surface area contributed by atoms with E-state index in [4.69, 9.17) is 0 Å². The van der Waals surface area contributed by atoms with Crippen molar-refractivity contribution in [2.24, 2.45) is 0 Å². The molecule has 0 fully saturated rings. The molecule has 0 aliphatic rings. The van der Waals surface area contributed by atoms with E-state index in [0.29, 0.717) is 0 Å².